The van der Waals surface area contributed by atoms with Crippen molar-refractivity contribution >= 4 is 5.91 Å². The van der Waals surface area contributed by atoms with Gasteiger partial charge < -0.3 is 14.8 Å². The Kier molecular flexibility index (Phi) is 5.59. The lowest BCUT2D eigenvalue weighted by molar-refractivity contribution is -0.123. The number of ether oxygens (including phenoxy) is 2. The summed E-state index contributed by atoms with van der Waals surface area (Å²) in [6.07, 6.45) is 4.75. The average molecular weight is 339 g/mol. The van der Waals surface area contributed by atoms with Crippen molar-refractivity contribution in [3.05, 3.63) is 59.2 Å². The third kappa shape index (κ3) is 4.53. The summed E-state index contributed by atoms with van der Waals surface area (Å²) in [6.45, 7) is 1.98. The fraction of sp³-hybridized carbons (Fsp3) is 0.381. The Balaban J connectivity index is 1.52. The van der Waals surface area contributed by atoms with Crippen LogP contribution in [0.1, 0.15) is 42.5 Å². The van der Waals surface area contributed by atoms with Crippen molar-refractivity contribution in [1.82, 2.24) is 5.32 Å². The van der Waals surface area contributed by atoms with Crippen LogP contribution in [0.15, 0.2) is 42.5 Å². The van der Waals surface area contributed by atoms with Crippen molar-refractivity contribution in [1.29, 1.82) is 0 Å². The molecule has 0 bridgehead atoms. The number of methoxy groups -OCH3 is 1. The average Bonchev–Trinajstić information content (AvgIpc) is 2.66. The first-order valence-electron chi connectivity index (χ1n) is 8.83. The van der Waals surface area contributed by atoms with Crippen LogP contribution in [0.2, 0.25) is 0 Å². The summed E-state index contributed by atoms with van der Waals surface area (Å²) in [5, 5.41) is 2.96. The summed E-state index contributed by atoms with van der Waals surface area (Å²) in [4.78, 5) is 12.2. The Hall–Kier alpha value is -2.49. The molecule has 0 spiro atoms. The molecule has 1 unspecified atom stereocenters. The van der Waals surface area contributed by atoms with Crippen molar-refractivity contribution in [2.75, 3.05) is 13.7 Å². The van der Waals surface area contributed by atoms with Gasteiger partial charge in [0.05, 0.1) is 13.2 Å². The van der Waals surface area contributed by atoms with E-state index in [9.17, 15) is 4.79 Å². The third-order valence-electron chi connectivity index (χ3n) is 4.68. The van der Waals surface area contributed by atoms with Gasteiger partial charge in [0.15, 0.2) is 6.61 Å². The van der Waals surface area contributed by atoms with Gasteiger partial charge in [-0.2, -0.15) is 0 Å². The molecule has 1 N–H and O–H groups in total. The van der Waals surface area contributed by atoms with Crippen LogP contribution >= 0.6 is 0 Å². The summed E-state index contributed by atoms with van der Waals surface area (Å²) in [5.41, 5.74) is 3.80. The Morgan fingerprint density at radius 2 is 1.72 bits per heavy atom. The van der Waals surface area contributed by atoms with E-state index >= 15 is 0 Å². The molecule has 1 aliphatic rings. The maximum absolute atomic E-state index is 12.2. The summed E-state index contributed by atoms with van der Waals surface area (Å²) in [5.74, 6) is 1.45. The fourth-order valence-electron chi connectivity index (χ4n) is 3.21. The Morgan fingerprint density at radius 3 is 2.44 bits per heavy atom. The minimum Gasteiger partial charge on any atom is -0.497 e. The molecule has 1 amide bonds. The van der Waals surface area contributed by atoms with Gasteiger partial charge in [0, 0.05) is 0 Å². The zero-order valence-corrected chi connectivity index (χ0v) is 14.9. The van der Waals surface area contributed by atoms with Crippen molar-refractivity contribution in [3.8, 4) is 11.5 Å². The van der Waals surface area contributed by atoms with Crippen LogP contribution in [-0.4, -0.2) is 19.6 Å². The van der Waals surface area contributed by atoms with Gasteiger partial charge in [0.1, 0.15) is 11.5 Å². The van der Waals surface area contributed by atoms with E-state index in [0.717, 1.165) is 29.9 Å². The summed E-state index contributed by atoms with van der Waals surface area (Å²) < 4.78 is 10.8. The van der Waals surface area contributed by atoms with Crippen molar-refractivity contribution in [2.45, 2.75) is 38.6 Å². The van der Waals surface area contributed by atoms with Crippen molar-refractivity contribution in [3.63, 3.8) is 0 Å². The molecule has 4 nitrogen and oxygen atoms in total. The predicted octanol–water partition coefficient (Wildman–Crippen LogP) is 3.83. The molecule has 132 valence electrons. The van der Waals surface area contributed by atoms with Crippen molar-refractivity contribution < 1.29 is 14.3 Å². The highest BCUT2D eigenvalue weighted by Gasteiger charge is 2.12. The maximum Gasteiger partial charge on any atom is 0.258 e. The molecule has 0 heterocycles. The highest BCUT2D eigenvalue weighted by molar-refractivity contribution is 5.78. The predicted molar refractivity (Wildman–Crippen MR) is 98.1 cm³/mol. The SMILES string of the molecule is COc1ccc(C(C)NC(=O)COc2ccc3c(c2)CCCC3)cc1. The molecule has 25 heavy (non-hydrogen) atoms. The molecular weight excluding hydrogens is 314 g/mol. The number of aryl methyl sites for hydroxylation is 2. The first kappa shape index (κ1) is 17.3. The molecule has 2 aromatic carbocycles. The smallest absolute Gasteiger partial charge is 0.258 e. The Morgan fingerprint density at radius 1 is 1.04 bits per heavy atom. The van der Waals surface area contributed by atoms with Crippen molar-refractivity contribution in [2.24, 2.45) is 0 Å². The monoisotopic (exact) mass is 339 g/mol. The van der Waals surface area contributed by atoms with Crippen LogP contribution < -0.4 is 14.8 Å². The van der Waals surface area contributed by atoms with Crippen LogP contribution in [0.5, 0.6) is 11.5 Å². The van der Waals surface area contributed by atoms with E-state index in [1.165, 1.54) is 24.0 Å². The lowest BCUT2D eigenvalue weighted by atomic mass is 9.92. The number of rotatable bonds is 6. The number of hydrogen-bond donors (Lipinski definition) is 1. The van der Waals surface area contributed by atoms with Gasteiger partial charge in [0.25, 0.3) is 5.91 Å². The van der Waals surface area contributed by atoms with E-state index < -0.39 is 0 Å². The molecule has 3 rings (SSSR count). The number of hydrogen-bond acceptors (Lipinski definition) is 3. The van der Waals surface area contributed by atoms with Crippen LogP contribution in [0.25, 0.3) is 0 Å². The van der Waals surface area contributed by atoms with E-state index in [-0.39, 0.29) is 18.6 Å². The topological polar surface area (TPSA) is 47.6 Å². The Bertz CT molecular complexity index is 724. The Labute approximate surface area is 149 Å². The molecule has 0 saturated carbocycles. The summed E-state index contributed by atoms with van der Waals surface area (Å²) >= 11 is 0. The molecule has 0 radical (unpaired) electrons. The van der Waals surface area contributed by atoms with Gasteiger partial charge in [-0.1, -0.05) is 18.2 Å². The fourth-order valence-corrected chi connectivity index (χ4v) is 3.21. The van der Waals surface area contributed by atoms with Gasteiger partial charge in [-0.3, -0.25) is 4.79 Å². The molecular formula is C21H25NO3. The highest BCUT2D eigenvalue weighted by Crippen LogP contribution is 2.25. The minimum absolute atomic E-state index is 0.0271. The van der Waals surface area contributed by atoms with Crippen LogP contribution in [0.3, 0.4) is 0 Å². The summed E-state index contributed by atoms with van der Waals surface area (Å²) in [6, 6.07) is 13.8. The van der Waals surface area contributed by atoms with Gasteiger partial charge in [0.2, 0.25) is 0 Å². The number of amides is 1. The zero-order valence-electron chi connectivity index (χ0n) is 14.9. The number of nitrogens with one attached hydrogen (secondary N) is 1. The molecule has 4 heteroatoms. The zero-order chi connectivity index (χ0) is 17.6. The van der Waals surface area contributed by atoms with Gasteiger partial charge >= 0.3 is 0 Å². The lowest BCUT2D eigenvalue weighted by Crippen LogP contribution is -2.31. The minimum atomic E-state index is -0.124. The molecule has 0 fully saturated rings. The number of carbonyl (C=O) groups excluding carboxylic acids is 1. The van der Waals surface area contributed by atoms with Gasteiger partial charge in [-0.15, -0.1) is 0 Å². The second-order valence-corrected chi connectivity index (χ2v) is 6.49. The molecule has 2 aromatic rings. The second-order valence-electron chi connectivity index (χ2n) is 6.49. The maximum atomic E-state index is 12.2. The van der Waals surface area contributed by atoms with E-state index in [0.29, 0.717) is 0 Å². The van der Waals surface area contributed by atoms with Gasteiger partial charge in [-0.05, 0) is 73.6 Å². The van der Waals surface area contributed by atoms with Crippen LogP contribution in [-0.2, 0) is 17.6 Å². The molecule has 0 aliphatic heterocycles. The third-order valence-corrected chi connectivity index (χ3v) is 4.68. The van der Waals surface area contributed by atoms with E-state index in [4.69, 9.17) is 9.47 Å². The standard InChI is InChI=1S/C21H25NO3/c1-15(16-7-10-19(24-2)11-8-16)22-21(23)14-25-20-12-9-17-5-3-4-6-18(17)13-20/h7-13,15H,3-6,14H2,1-2H3,(H,22,23). The number of benzene rings is 2. The van der Waals surface area contributed by atoms with E-state index in [1.54, 1.807) is 7.11 Å². The highest BCUT2D eigenvalue weighted by atomic mass is 16.5. The summed E-state index contributed by atoms with van der Waals surface area (Å²) in [7, 11) is 1.64. The molecule has 1 aliphatic carbocycles. The first-order valence-corrected chi connectivity index (χ1v) is 8.83. The van der Waals surface area contributed by atoms with E-state index in [2.05, 4.69) is 17.4 Å². The number of carbonyl (C=O) groups is 1. The molecule has 1 atom stereocenters. The lowest BCUT2D eigenvalue weighted by Gasteiger charge is -2.17. The van der Waals surface area contributed by atoms with Crippen LogP contribution in [0, 0.1) is 0 Å². The largest absolute Gasteiger partial charge is 0.497 e. The molecule has 0 saturated heterocycles. The van der Waals surface area contributed by atoms with Crippen LogP contribution in [0.4, 0.5) is 0 Å². The van der Waals surface area contributed by atoms with E-state index in [1.807, 2.05) is 37.3 Å². The number of fused-ring (bicyclic) bond motifs is 1. The quantitative estimate of drug-likeness (QED) is 0.870. The van der Waals surface area contributed by atoms with Gasteiger partial charge in [-0.25, -0.2) is 0 Å². The normalized spacial score (nSPS) is 14.3. The second kappa shape index (κ2) is 8.06. The molecule has 0 aromatic heterocycles. The first-order chi connectivity index (χ1) is 12.2.